The molecule has 0 aliphatic carbocycles. The van der Waals surface area contributed by atoms with E-state index in [1.165, 1.54) is 16.5 Å². The van der Waals surface area contributed by atoms with E-state index >= 15 is 0 Å². The zero-order valence-electron chi connectivity index (χ0n) is 13.4. The predicted octanol–water partition coefficient (Wildman–Crippen LogP) is 2.85. The number of nitrogens with one attached hydrogen (secondary N) is 1. The number of rotatable bonds is 6. The molecule has 0 saturated carbocycles. The van der Waals surface area contributed by atoms with Gasteiger partial charge in [-0.1, -0.05) is 32.0 Å². The summed E-state index contributed by atoms with van der Waals surface area (Å²) in [5.74, 6) is 0.632. The lowest BCUT2D eigenvalue weighted by Crippen LogP contribution is -2.41. The fourth-order valence-electron chi connectivity index (χ4n) is 2.71. The van der Waals surface area contributed by atoms with Crippen LogP contribution in [-0.4, -0.2) is 36.1 Å². The van der Waals surface area contributed by atoms with Crippen molar-refractivity contribution < 1.29 is 0 Å². The number of hydrogen-bond donors (Lipinski definition) is 1. The van der Waals surface area contributed by atoms with Crippen molar-refractivity contribution in [2.45, 2.75) is 26.4 Å². The SMILES string of the molecule is CC(C)C(CN(C)C)NCc1cn(C)c2ccccc12. The van der Waals surface area contributed by atoms with Crippen LogP contribution in [0.4, 0.5) is 0 Å². The molecule has 0 amide bonds. The molecule has 0 spiro atoms. The molecule has 3 nitrogen and oxygen atoms in total. The molecule has 2 aromatic rings. The van der Waals surface area contributed by atoms with Gasteiger partial charge in [0.2, 0.25) is 0 Å². The van der Waals surface area contributed by atoms with Crippen LogP contribution in [0.3, 0.4) is 0 Å². The summed E-state index contributed by atoms with van der Waals surface area (Å²) < 4.78 is 2.21. The van der Waals surface area contributed by atoms with E-state index in [1.54, 1.807) is 0 Å². The van der Waals surface area contributed by atoms with Gasteiger partial charge in [-0.05, 0) is 31.6 Å². The van der Waals surface area contributed by atoms with Gasteiger partial charge >= 0.3 is 0 Å². The minimum absolute atomic E-state index is 0.518. The smallest absolute Gasteiger partial charge is 0.0481 e. The third kappa shape index (κ3) is 3.41. The average molecular weight is 273 g/mol. The Morgan fingerprint density at radius 3 is 2.55 bits per heavy atom. The molecule has 1 atom stereocenters. The fourth-order valence-corrected chi connectivity index (χ4v) is 2.71. The third-order valence-corrected chi connectivity index (χ3v) is 3.90. The van der Waals surface area contributed by atoms with E-state index < -0.39 is 0 Å². The van der Waals surface area contributed by atoms with Crippen LogP contribution in [0.25, 0.3) is 10.9 Å². The first-order valence-corrected chi connectivity index (χ1v) is 7.40. The van der Waals surface area contributed by atoms with Gasteiger partial charge in [-0.2, -0.15) is 0 Å². The zero-order chi connectivity index (χ0) is 14.7. The van der Waals surface area contributed by atoms with Gasteiger partial charge in [0.05, 0.1) is 0 Å². The van der Waals surface area contributed by atoms with Crippen LogP contribution in [0, 0.1) is 5.92 Å². The summed E-state index contributed by atoms with van der Waals surface area (Å²) >= 11 is 0. The Labute approximate surface area is 122 Å². The molecule has 2 rings (SSSR count). The Balaban J connectivity index is 2.12. The predicted molar refractivity (Wildman–Crippen MR) is 86.9 cm³/mol. The summed E-state index contributed by atoms with van der Waals surface area (Å²) in [6, 6.07) is 9.12. The molecule has 3 heteroatoms. The topological polar surface area (TPSA) is 20.2 Å². The van der Waals surface area contributed by atoms with Crippen LogP contribution < -0.4 is 5.32 Å². The molecule has 1 heterocycles. The van der Waals surface area contributed by atoms with Crippen LogP contribution in [0.2, 0.25) is 0 Å². The van der Waals surface area contributed by atoms with Crippen LogP contribution in [0.15, 0.2) is 30.5 Å². The van der Waals surface area contributed by atoms with E-state index in [2.05, 4.69) is 80.2 Å². The summed E-state index contributed by atoms with van der Waals surface area (Å²) in [6.45, 7) is 6.56. The first kappa shape index (κ1) is 15.1. The van der Waals surface area contributed by atoms with Crippen LogP contribution in [0.5, 0.6) is 0 Å². The van der Waals surface area contributed by atoms with Gasteiger partial charge in [-0.15, -0.1) is 0 Å². The normalized spacial score (nSPS) is 13.6. The molecule has 0 fully saturated rings. The lowest BCUT2D eigenvalue weighted by Gasteiger charge is -2.25. The molecule has 1 unspecified atom stereocenters. The molecule has 0 bridgehead atoms. The molecule has 0 radical (unpaired) electrons. The Morgan fingerprint density at radius 1 is 1.20 bits per heavy atom. The van der Waals surface area contributed by atoms with Crippen LogP contribution >= 0.6 is 0 Å². The van der Waals surface area contributed by atoms with Gasteiger partial charge in [-0.25, -0.2) is 0 Å². The van der Waals surface area contributed by atoms with Gasteiger partial charge < -0.3 is 14.8 Å². The van der Waals surface area contributed by atoms with E-state index in [1.807, 2.05) is 0 Å². The minimum Gasteiger partial charge on any atom is -0.350 e. The molecule has 1 aromatic carbocycles. The molecule has 1 N–H and O–H groups in total. The molecular formula is C17H27N3. The van der Waals surface area contributed by atoms with Gasteiger partial charge in [0.15, 0.2) is 0 Å². The number of benzene rings is 1. The van der Waals surface area contributed by atoms with Gasteiger partial charge in [-0.3, -0.25) is 0 Å². The fraction of sp³-hybridized carbons (Fsp3) is 0.529. The first-order valence-electron chi connectivity index (χ1n) is 7.40. The number of likely N-dealkylation sites (N-methyl/N-ethyl adjacent to an activating group) is 1. The summed E-state index contributed by atoms with van der Waals surface area (Å²) in [5.41, 5.74) is 2.69. The van der Waals surface area contributed by atoms with Crippen molar-refractivity contribution in [1.29, 1.82) is 0 Å². The van der Waals surface area contributed by atoms with Crippen LogP contribution in [-0.2, 0) is 13.6 Å². The lowest BCUT2D eigenvalue weighted by atomic mass is 10.0. The van der Waals surface area contributed by atoms with Crippen molar-refractivity contribution in [3.8, 4) is 0 Å². The second-order valence-electron chi connectivity index (χ2n) is 6.28. The van der Waals surface area contributed by atoms with Gasteiger partial charge in [0, 0.05) is 43.3 Å². The zero-order valence-corrected chi connectivity index (χ0v) is 13.4. The maximum absolute atomic E-state index is 3.72. The van der Waals surface area contributed by atoms with E-state index in [-0.39, 0.29) is 0 Å². The number of nitrogens with zero attached hydrogens (tertiary/aromatic N) is 2. The van der Waals surface area contributed by atoms with Crippen molar-refractivity contribution >= 4 is 10.9 Å². The first-order chi connectivity index (χ1) is 9.49. The number of para-hydroxylation sites is 1. The van der Waals surface area contributed by atoms with Crippen molar-refractivity contribution in [3.05, 3.63) is 36.0 Å². The number of aromatic nitrogens is 1. The van der Waals surface area contributed by atoms with E-state index in [0.29, 0.717) is 12.0 Å². The standard InChI is InChI=1S/C17H27N3/c1-13(2)16(12-19(3)4)18-10-14-11-20(5)17-9-7-6-8-15(14)17/h6-9,11,13,16,18H,10,12H2,1-5H3. The number of hydrogen-bond acceptors (Lipinski definition) is 2. The second-order valence-corrected chi connectivity index (χ2v) is 6.28. The van der Waals surface area contributed by atoms with Crippen LogP contribution in [0.1, 0.15) is 19.4 Å². The quantitative estimate of drug-likeness (QED) is 0.873. The highest BCUT2D eigenvalue weighted by molar-refractivity contribution is 5.83. The summed E-state index contributed by atoms with van der Waals surface area (Å²) in [5, 5.41) is 5.07. The van der Waals surface area contributed by atoms with Gasteiger partial charge in [0.1, 0.15) is 0 Å². The van der Waals surface area contributed by atoms with Crippen molar-refractivity contribution in [2.75, 3.05) is 20.6 Å². The summed E-state index contributed by atoms with van der Waals surface area (Å²) in [4.78, 5) is 2.25. The Hall–Kier alpha value is -1.32. The largest absolute Gasteiger partial charge is 0.350 e. The number of fused-ring (bicyclic) bond motifs is 1. The van der Waals surface area contributed by atoms with Gasteiger partial charge in [0.25, 0.3) is 0 Å². The lowest BCUT2D eigenvalue weighted by molar-refractivity contribution is 0.288. The highest BCUT2D eigenvalue weighted by Gasteiger charge is 2.14. The van der Waals surface area contributed by atoms with Crippen molar-refractivity contribution in [1.82, 2.24) is 14.8 Å². The average Bonchev–Trinajstić information content (AvgIpc) is 2.71. The summed E-state index contributed by atoms with van der Waals surface area (Å²) in [6.07, 6.45) is 2.24. The number of aryl methyl sites for hydroxylation is 1. The third-order valence-electron chi connectivity index (χ3n) is 3.90. The minimum atomic E-state index is 0.518. The molecule has 20 heavy (non-hydrogen) atoms. The highest BCUT2D eigenvalue weighted by Crippen LogP contribution is 2.20. The van der Waals surface area contributed by atoms with Crippen molar-refractivity contribution in [2.24, 2.45) is 13.0 Å². The Kier molecular flexibility index (Phi) is 4.84. The molecule has 0 aliphatic heterocycles. The Morgan fingerprint density at radius 2 is 1.90 bits per heavy atom. The highest BCUT2D eigenvalue weighted by atomic mass is 15.1. The summed E-state index contributed by atoms with van der Waals surface area (Å²) in [7, 11) is 6.38. The maximum atomic E-state index is 3.72. The van der Waals surface area contributed by atoms with E-state index in [9.17, 15) is 0 Å². The molecule has 110 valence electrons. The molecular weight excluding hydrogens is 246 g/mol. The second kappa shape index (κ2) is 6.42. The molecule has 1 aromatic heterocycles. The maximum Gasteiger partial charge on any atom is 0.0481 e. The van der Waals surface area contributed by atoms with E-state index in [0.717, 1.165) is 13.1 Å². The van der Waals surface area contributed by atoms with Crippen molar-refractivity contribution in [3.63, 3.8) is 0 Å². The Bertz CT molecular complexity index is 554. The monoisotopic (exact) mass is 273 g/mol. The molecule has 0 saturated heterocycles. The van der Waals surface area contributed by atoms with E-state index in [4.69, 9.17) is 0 Å². The molecule has 0 aliphatic rings.